The number of benzene rings is 2. The lowest BCUT2D eigenvalue weighted by Crippen LogP contribution is -2.58. The van der Waals surface area contributed by atoms with Crippen molar-refractivity contribution in [1.29, 1.82) is 0 Å². The Morgan fingerprint density at radius 3 is 2.38 bits per heavy atom. The molecule has 1 fully saturated rings. The van der Waals surface area contributed by atoms with Gasteiger partial charge in [0, 0.05) is 16.5 Å². The van der Waals surface area contributed by atoms with Gasteiger partial charge in [0.15, 0.2) is 12.7 Å². The van der Waals surface area contributed by atoms with Gasteiger partial charge in [-0.1, -0.05) is 66.6 Å². The summed E-state index contributed by atoms with van der Waals surface area (Å²) in [6.45, 7) is 3.60. The number of halogens is 1. The number of ether oxygens (including phenoxy) is 1. The second-order valence-corrected chi connectivity index (χ2v) is 11.1. The molecule has 0 aliphatic carbocycles. The molecule has 0 saturated carbocycles. The lowest BCUT2D eigenvalue weighted by Gasteiger charge is -2.34. The second kappa shape index (κ2) is 12.9. The molecule has 1 saturated heterocycles. The molecule has 0 aromatic heterocycles. The zero-order valence-electron chi connectivity index (χ0n) is 20.7. The first-order valence-corrected chi connectivity index (χ1v) is 13.0. The third-order valence-electron chi connectivity index (χ3n) is 5.99. The molecule has 8 nitrogen and oxygen atoms in total. The fourth-order valence-electron chi connectivity index (χ4n) is 4.09. The van der Waals surface area contributed by atoms with Crippen LogP contribution in [0.4, 0.5) is 4.79 Å². The number of rotatable bonds is 9. The Morgan fingerprint density at radius 1 is 1.19 bits per heavy atom. The standard InChI is InChI=1S/C27H30ClN3O5S/c1-4-15-36-26(35)29-21(16-19-11-7-5-8-12-19)22(32)24(33)30-18-37-27(2,3)23(30)25(34)31(28)17-20-13-9-6-10-14-20/h1,5-14,21-23,32H,15-18H2,2-3H3,(H,29,35). The van der Waals surface area contributed by atoms with E-state index in [0.717, 1.165) is 15.5 Å². The molecule has 1 heterocycles. The van der Waals surface area contributed by atoms with E-state index in [2.05, 4.69) is 11.2 Å². The van der Waals surface area contributed by atoms with Gasteiger partial charge < -0.3 is 20.1 Å². The lowest BCUT2D eigenvalue weighted by atomic mass is 9.97. The fraction of sp³-hybridized carbons (Fsp3) is 0.370. The number of carbonyl (C=O) groups excluding carboxylic acids is 3. The van der Waals surface area contributed by atoms with Crippen molar-refractivity contribution >= 4 is 41.4 Å². The number of hydrogen-bond acceptors (Lipinski definition) is 6. The predicted octanol–water partition coefficient (Wildman–Crippen LogP) is 3.18. The second-order valence-electron chi connectivity index (χ2n) is 9.10. The smallest absolute Gasteiger partial charge is 0.408 e. The maximum absolute atomic E-state index is 13.6. The van der Waals surface area contributed by atoms with Gasteiger partial charge in [-0.2, -0.15) is 0 Å². The first-order chi connectivity index (χ1) is 17.6. The number of alkyl carbamates (subject to hydrolysis) is 1. The number of hydrogen-bond donors (Lipinski definition) is 2. The molecule has 3 unspecified atom stereocenters. The number of terminal acetylenes is 1. The van der Waals surface area contributed by atoms with Gasteiger partial charge in [0.25, 0.3) is 11.8 Å². The Balaban J connectivity index is 1.80. The average molecular weight is 544 g/mol. The zero-order chi connectivity index (χ0) is 27.0. The summed E-state index contributed by atoms with van der Waals surface area (Å²) in [6.07, 6.45) is 2.79. The van der Waals surface area contributed by atoms with Crippen LogP contribution in [0.15, 0.2) is 60.7 Å². The van der Waals surface area contributed by atoms with Gasteiger partial charge in [-0.15, -0.1) is 18.2 Å². The van der Waals surface area contributed by atoms with Crippen LogP contribution in [0, 0.1) is 12.3 Å². The van der Waals surface area contributed by atoms with Crippen LogP contribution in [0.25, 0.3) is 0 Å². The number of aliphatic hydroxyl groups excluding tert-OH is 1. The van der Waals surface area contributed by atoms with Crippen LogP contribution >= 0.6 is 23.5 Å². The molecule has 2 N–H and O–H groups in total. The number of amides is 3. The van der Waals surface area contributed by atoms with E-state index >= 15 is 0 Å². The van der Waals surface area contributed by atoms with Crippen molar-refractivity contribution in [2.24, 2.45) is 0 Å². The van der Waals surface area contributed by atoms with Gasteiger partial charge in [-0.05, 0) is 31.4 Å². The zero-order valence-corrected chi connectivity index (χ0v) is 22.2. The Hall–Kier alpha value is -3.19. The first-order valence-electron chi connectivity index (χ1n) is 11.7. The molecule has 10 heteroatoms. The van der Waals surface area contributed by atoms with E-state index in [1.54, 1.807) is 0 Å². The number of carbonyl (C=O) groups is 3. The van der Waals surface area contributed by atoms with Crippen LogP contribution in [-0.4, -0.2) is 67.8 Å². The maximum Gasteiger partial charge on any atom is 0.408 e. The Morgan fingerprint density at radius 2 is 1.78 bits per heavy atom. The molecular weight excluding hydrogens is 514 g/mol. The molecule has 37 heavy (non-hydrogen) atoms. The summed E-state index contributed by atoms with van der Waals surface area (Å²) in [4.78, 5) is 40.6. The normalized spacial score (nSPS) is 17.8. The molecule has 0 bridgehead atoms. The molecular formula is C27H30ClN3O5S. The van der Waals surface area contributed by atoms with E-state index in [1.165, 1.54) is 16.7 Å². The first kappa shape index (κ1) is 28.4. The molecule has 196 valence electrons. The summed E-state index contributed by atoms with van der Waals surface area (Å²) >= 11 is 7.80. The van der Waals surface area contributed by atoms with Gasteiger partial charge in [-0.25, -0.2) is 9.21 Å². The minimum absolute atomic E-state index is 0.150. The van der Waals surface area contributed by atoms with E-state index in [-0.39, 0.29) is 25.4 Å². The largest absolute Gasteiger partial charge is 0.436 e. The van der Waals surface area contributed by atoms with Crippen LogP contribution in [0.1, 0.15) is 25.0 Å². The molecule has 1 aliphatic heterocycles. The summed E-state index contributed by atoms with van der Waals surface area (Å²) in [5.74, 6) is 1.22. The molecule has 0 radical (unpaired) electrons. The van der Waals surface area contributed by atoms with Crippen molar-refractivity contribution in [3.8, 4) is 12.3 Å². The van der Waals surface area contributed by atoms with Crippen LogP contribution < -0.4 is 5.32 Å². The van der Waals surface area contributed by atoms with E-state index in [1.807, 2.05) is 74.5 Å². The number of nitrogens with one attached hydrogen (secondary N) is 1. The number of aliphatic hydroxyl groups is 1. The predicted molar refractivity (Wildman–Crippen MR) is 143 cm³/mol. The molecule has 2 aromatic rings. The Bertz CT molecular complexity index is 1130. The summed E-state index contributed by atoms with van der Waals surface area (Å²) in [7, 11) is 0. The fourth-order valence-corrected chi connectivity index (χ4v) is 5.46. The third-order valence-corrected chi connectivity index (χ3v) is 7.65. The van der Waals surface area contributed by atoms with E-state index < -0.39 is 40.8 Å². The van der Waals surface area contributed by atoms with Crippen molar-refractivity contribution in [2.75, 3.05) is 12.5 Å². The third kappa shape index (κ3) is 7.41. The molecule has 3 atom stereocenters. The average Bonchev–Trinajstić information content (AvgIpc) is 3.21. The van der Waals surface area contributed by atoms with Gasteiger partial charge in [-0.3, -0.25) is 9.59 Å². The lowest BCUT2D eigenvalue weighted by molar-refractivity contribution is -0.149. The van der Waals surface area contributed by atoms with Gasteiger partial charge >= 0.3 is 6.09 Å². The molecule has 3 amide bonds. The molecule has 0 spiro atoms. The summed E-state index contributed by atoms with van der Waals surface area (Å²) in [5, 5.41) is 13.7. The molecule has 3 rings (SSSR count). The highest BCUT2D eigenvalue weighted by Crippen LogP contribution is 2.41. The van der Waals surface area contributed by atoms with Crippen LogP contribution in [0.5, 0.6) is 0 Å². The highest BCUT2D eigenvalue weighted by atomic mass is 35.5. The van der Waals surface area contributed by atoms with Crippen molar-refractivity contribution < 1.29 is 24.2 Å². The molecule has 1 aliphatic rings. The summed E-state index contributed by atoms with van der Waals surface area (Å²) < 4.78 is 5.30. The Kier molecular flexibility index (Phi) is 9.86. The monoisotopic (exact) mass is 543 g/mol. The van der Waals surface area contributed by atoms with E-state index in [4.69, 9.17) is 22.9 Å². The van der Waals surface area contributed by atoms with Crippen LogP contribution in [0.2, 0.25) is 0 Å². The molecule has 2 aromatic carbocycles. The van der Waals surface area contributed by atoms with Crippen molar-refractivity contribution in [2.45, 2.75) is 49.7 Å². The van der Waals surface area contributed by atoms with Crippen molar-refractivity contribution in [3.05, 3.63) is 71.8 Å². The van der Waals surface area contributed by atoms with E-state index in [0.29, 0.717) is 0 Å². The minimum atomic E-state index is -1.65. The van der Waals surface area contributed by atoms with Crippen LogP contribution in [-0.2, 0) is 27.3 Å². The van der Waals surface area contributed by atoms with Gasteiger partial charge in [0.05, 0.1) is 18.5 Å². The minimum Gasteiger partial charge on any atom is -0.436 e. The maximum atomic E-state index is 13.6. The van der Waals surface area contributed by atoms with Crippen molar-refractivity contribution in [3.63, 3.8) is 0 Å². The Labute approximate surface area is 226 Å². The highest BCUT2D eigenvalue weighted by molar-refractivity contribution is 8.00. The van der Waals surface area contributed by atoms with Gasteiger partial charge in [0.1, 0.15) is 6.04 Å². The van der Waals surface area contributed by atoms with Gasteiger partial charge in [0.2, 0.25) is 0 Å². The topological polar surface area (TPSA) is 99.2 Å². The quantitative estimate of drug-likeness (QED) is 0.372. The highest BCUT2D eigenvalue weighted by Gasteiger charge is 2.51. The summed E-state index contributed by atoms with van der Waals surface area (Å²) in [5.41, 5.74) is 1.62. The van der Waals surface area contributed by atoms with Crippen molar-refractivity contribution in [1.82, 2.24) is 14.6 Å². The van der Waals surface area contributed by atoms with E-state index in [9.17, 15) is 19.5 Å². The summed E-state index contributed by atoms with van der Waals surface area (Å²) in [6, 6.07) is 16.4. The number of thioether (sulfide) groups is 1. The number of nitrogens with zero attached hydrogens (tertiary/aromatic N) is 2. The van der Waals surface area contributed by atoms with Crippen LogP contribution in [0.3, 0.4) is 0 Å². The SMILES string of the molecule is C#CCOC(=O)NC(Cc1ccccc1)C(O)C(=O)N1CSC(C)(C)C1C(=O)N(Cl)Cc1ccccc1.